The summed E-state index contributed by atoms with van der Waals surface area (Å²) in [4.78, 5) is 19.7. The Hall–Kier alpha value is -1.30. The topological polar surface area (TPSA) is 60.2 Å². The van der Waals surface area contributed by atoms with Crippen molar-refractivity contribution in [2.24, 2.45) is 0 Å². The Morgan fingerprint density at radius 3 is 2.62 bits per heavy atom. The number of hydrogen-bond donors (Lipinski definition) is 0. The van der Waals surface area contributed by atoms with Crippen molar-refractivity contribution in [1.82, 2.24) is 0 Å². The van der Waals surface area contributed by atoms with Gasteiger partial charge in [0.15, 0.2) is 6.29 Å². The summed E-state index contributed by atoms with van der Waals surface area (Å²) in [5, 5.41) is 10.3. The van der Waals surface area contributed by atoms with Gasteiger partial charge in [-0.05, 0) is 12.1 Å². The summed E-state index contributed by atoms with van der Waals surface area (Å²) >= 11 is 2.92. The number of halogens is 2. The van der Waals surface area contributed by atoms with E-state index < -0.39 is 16.4 Å². The number of carbonyl (C=O) groups excluding carboxylic acids is 1. The van der Waals surface area contributed by atoms with Crippen LogP contribution in [0.4, 0.5) is 10.1 Å². The number of hydrogen-bond acceptors (Lipinski definition) is 3. The van der Waals surface area contributed by atoms with Gasteiger partial charge in [0.1, 0.15) is 0 Å². The Morgan fingerprint density at radius 1 is 1.54 bits per heavy atom. The Morgan fingerprint density at radius 2 is 2.15 bits per heavy atom. The fourth-order valence-corrected chi connectivity index (χ4v) is 1.32. The monoisotopic (exact) mass is 247 g/mol. The highest BCUT2D eigenvalue weighted by atomic mass is 79.9. The minimum absolute atomic E-state index is 0.242. The lowest BCUT2D eigenvalue weighted by atomic mass is 10.2. The number of aldehydes is 1. The first-order chi connectivity index (χ1) is 6.06. The fraction of sp³-hybridized carbons (Fsp3) is 0. The van der Waals surface area contributed by atoms with Crippen LogP contribution in [0.3, 0.4) is 0 Å². The van der Waals surface area contributed by atoms with Crippen molar-refractivity contribution in [2.75, 3.05) is 0 Å². The summed E-state index contributed by atoms with van der Waals surface area (Å²) in [5.74, 6) is -1.03. The molecule has 0 aliphatic rings. The van der Waals surface area contributed by atoms with Crippen LogP contribution in [-0.4, -0.2) is 11.2 Å². The molecular weight excluding hydrogens is 245 g/mol. The van der Waals surface area contributed by atoms with Crippen molar-refractivity contribution >= 4 is 27.9 Å². The zero-order chi connectivity index (χ0) is 10.0. The Kier molecular flexibility index (Phi) is 2.72. The van der Waals surface area contributed by atoms with Crippen molar-refractivity contribution in [2.45, 2.75) is 0 Å². The molecule has 0 bridgehead atoms. The molecule has 0 N–H and O–H groups in total. The molecule has 0 aliphatic heterocycles. The van der Waals surface area contributed by atoms with Gasteiger partial charge >= 0.3 is 5.69 Å². The van der Waals surface area contributed by atoms with Crippen molar-refractivity contribution in [1.29, 1.82) is 0 Å². The molecular formula is C7H3BrFNO3. The molecule has 13 heavy (non-hydrogen) atoms. The lowest BCUT2D eigenvalue weighted by molar-refractivity contribution is -0.387. The van der Waals surface area contributed by atoms with Crippen LogP contribution < -0.4 is 0 Å². The fourth-order valence-electron chi connectivity index (χ4n) is 0.868. The summed E-state index contributed by atoms with van der Waals surface area (Å²) in [6.45, 7) is 0. The lowest BCUT2D eigenvalue weighted by Crippen LogP contribution is -1.98. The van der Waals surface area contributed by atoms with E-state index in [2.05, 4.69) is 15.9 Å². The van der Waals surface area contributed by atoms with Gasteiger partial charge in [-0.1, -0.05) is 15.9 Å². The van der Waals surface area contributed by atoms with Gasteiger partial charge in [-0.3, -0.25) is 14.9 Å². The third kappa shape index (κ3) is 1.89. The van der Waals surface area contributed by atoms with E-state index in [9.17, 15) is 19.3 Å². The maximum atomic E-state index is 12.9. The molecule has 0 radical (unpaired) electrons. The number of nitro groups is 1. The van der Waals surface area contributed by atoms with Gasteiger partial charge in [-0.2, -0.15) is 4.39 Å². The first-order valence-corrected chi connectivity index (χ1v) is 3.94. The number of benzene rings is 1. The van der Waals surface area contributed by atoms with Crippen LogP contribution in [0.2, 0.25) is 0 Å². The van der Waals surface area contributed by atoms with Gasteiger partial charge in [0, 0.05) is 4.47 Å². The number of nitrogens with zero attached hydrogens (tertiary/aromatic N) is 1. The zero-order valence-electron chi connectivity index (χ0n) is 6.16. The summed E-state index contributed by atoms with van der Waals surface area (Å²) in [6, 6.07) is 2.12. The van der Waals surface area contributed by atoms with E-state index >= 15 is 0 Å². The van der Waals surface area contributed by atoms with Crippen LogP contribution in [0.15, 0.2) is 16.6 Å². The van der Waals surface area contributed by atoms with Crippen LogP contribution in [0.1, 0.15) is 10.4 Å². The predicted molar refractivity (Wildman–Crippen MR) is 46.1 cm³/mol. The minimum atomic E-state index is -1.03. The van der Waals surface area contributed by atoms with Crippen molar-refractivity contribution in [3.8, 4) is 0 Å². The van der Waals surface area contributed by atoms with E-state index in [1.807, 2.05) is 0 Å². The maximum absolute atomic E-state index is 12.9. The largest absolute Gasteiger partial charge is 0.315 e. The van der Waals surface area contributed by atoms with E-state index in [-0.39, 0.29) is 16.3 Å². The normalized spacial score (nSPS) is 9.69. The highest BCUT2D eigenvalue weighted by molar-refractivity contribution is 9.10. The predicted octanol–water partition coefficient (Wildman–Crippen LogP) is 2.31. The van der Waals surface area contributed by atoms with E-state index in [4.69, 9.17) is 0 Å². The standard InChI is InChI=1S/C7H3BrFNO3/c8-5-1-4(3-11)7(10(12)13)6(9)2-5/h1-3H. The second-order valence-corrected chi connectivity index (χ2v) is 3.12. The van der Waals surface area contributed by atoms with Crippen molar-refractivity contribution in [3.63, 3.8) is 0 Å². The van der Waals surface area contributed by atoms with Crippen LogP contribution in [0, 0.1) is 15.9 Å². The van der Waals surface area contributed by atoms with Crippen molar-refractivity contribution < 1.29 is 14.1 Å². The molecule has 0 saturated carbocycles. The highest BCUT2D eigenvalue weighted by Crippen LogP contribution is 2.25. The average molecular weight is 248 g/mol. The van der Waals surface area contributed by atoms with Crippen molar-refractivity contribution in [3.05, 3.63) is 38.1 Å². The molecule has 0 unspecified atom stereocenters. The molecule has 1 aromatic rings. The average Bonchev–Trinajstić information content (AvgIpc) is 2.01. The summed E-state index contributed by atoms with van der Waals surface area (Å²) < 4.78 is 13.2. The zero-order valence-corrected chi connectivity index (χ0v) is 7.75. The quantitative estimate of drug-likeness (QED) is 0.458. The third-order valence-electron chi connectivity index (χ3n) is 1.37. The number of rotatable bonds is 2. The van der Waals surface area contributed by atoms with Gasteiger partial charge in [-0.15, -0.1) is 0 Å². The number of carbonyl (C=O) groups is 1. The molecule has 68 valence electrons. The summed E-state index contributed by atoms with van der Waals surface area (Å²) in [5.41, 5.74) is -1.07. The summed E-state index contributed by atoms with van der Waals surface area (Å²) in [7, 11) is 0. The first kappa shape index (κ1) is 9.79. The molecule has 1 aromatic carbocycles. The smallest absolute Gasteiger partial charge is 0.298 e. The molecule has 0 spiro atoms. The van der Waals surface area contributed by atoms with Gasteiger partial charge in [0.25, 0.3) is 0 Å². The summed E-state index contributed by atoms with van der Waals surface area (Å²) in [6.07, 6.45) is 0.242. The first-order valence-electron chi connectivity index (χ1n) is 3.15. The van der Waals surface area contributed by atoms with Gasteiger partial charge < -0.3 is 0 Å². The van der Waals surface area contributed by atoms with E-state index in [1.54, 1.807) is 0 Å². The molecule has 0 amide bonds. The lowest BCUT2D eigenvalue weighted by Gasteiger charge is -1.97. The SMILES string of the molecule is O=Cc1cc(Br)cc(F)c1[N+](=O)[O-]. The van der Waals surface area contributed by atoms with Crippen LogP contribution in [0.25, 0.3) is 0 Å². The Balaban J connectivity index is 3.47. The molecule has 0 heterocycles. The van der Waals surface area contributed by atoms with E-state index in [1.165, 1.54) is 6.07 Å². The molecule has 6 heteroatoms. The minimum Gasteiger partial charge on any atom is -0.298 e. The second kappa shape index (κ2) is 3.61. The second-order valence-electron chi connectivity index (χ2n) is 2.20. The van der Waals surface area contributed by atoms with E-state index in [0.717, 1.165) is 6.07 Å². The Bertz CT molecular complexity index is 380. The molecule has 1 rings (SSSR count). The van der Waals surface area contributed by atoms with Gasteiger partial charge in [-0.25, -0.2) is 0 Å². The third-order valence-corrected chi connectivity index (χ3v) is 1.83. The van der Waals surface area contributed by atoms with E-state index in [0.29, 0.717) is 0 Å². The molecule has 0 aliphatic carbocycles. The van der Waals surface area contributed by atoms with Gasteiger partial charge in [0.05, 0.1) is 10.5 Å². The number of nitro benzene ring substituents is 1. The highest BCUT2D eigenvalue weighted by Gasteiger charge is 2.20. The van der Waals surface area contributed by atoms with Crippen LogP contribution >= 0.6 is 15.9 Å². The molecule has 0 aromatic heterocycles. The van der Waals surface area contributed by atoms with Gasteiger partial charge in [0.2, 0.25) is 5.82 Å². The molecule has 0 fully saturated rings. The molecule has 0 atom stereocenters. The van der Waals surface area contributed by atoms with Crippen LogP contribution in [0.5, 0.6) is 0 Å². The van der Waals surface area contributed by atoms with Crippen LogP contribution in [-0.2, 0) is 0 Å². The molecule has 0 saturated heterocycles. The Labute approximate surface area is 80.6 Å². The maximum Gasteiger partial charge on any atom is 0.315 e. The molecule has 4 nitrogen and oxygen atoms in total.